The molecule has 2 bridgehead atoms. The molecule has 1 spiro atoms. The lowest BCUT2D eigenvalue weighted by Crippen LogP contribution is -2.70. The van der Waals surface area contributed by atoms with E-state index >= 15 is 0 Å². The average molecular weight is 460 g/mol. The Morgan fingerprint density at radius 2 is 2.00 bits per heavy atom. The Morgan fingerprint density at radius 1 is 1.44 bits per heavy atom. The lowest BCUT2D eigenvalue weighted by molar-refractivity contribution is -0.230. The number of halogens is 1. The van der Waals surface area contributed by atoms with Gasteiger partial charge in [-0.3, -0.25) is 9.59 Å². The van der Waals surface area contributed by atoms with Crippen LogP contribution in [0.15, 0.2) is 22.3 Å². The second-order valence-corrected chi connectivity index (χ2v) is 8.85. The molecule has 4 rings (SSSR count). The molecule has 2 aliphatic carbocycles. The van der Waals surface area contributed by atoms with Crippen molar-refractivity contribution in [1.29, 1.82) is 0 Å². The van der Waals surface area contributed by atoms with E-state index in [0.29, 0.717) is 0 Å². The van der Waals surface area contributed by atoms with Gasteiger partial charge in [0.15, 0.2) is 5.60 Å². The fourth-order valence-electron chi connectivity index (χ4n) is 4.91. The Balaban J connectivity index is 0.000000701. The first kappa shape index (κ1) is 19.8. The highest BCUT2D eigenvalue weighted by atomic mass is 127. The Morgan fingerprint density at radius 3 is 2.48 bits per heavy atom. The van der Waals surface area contributed by atoms with E-state index in [4.69, 9.17) is 14.3 Å². The van der Waals surface area contributed by atoms with Gasteiger partial charge in [0.1, 0.15) is 5.92 Å². The molecule has 1 saturated heterocycles. The first-order chi connectivity index (χ1) is 11.5. The molecule has 2 aliphatic heterocycles. The summed E-state index contributed by atoms with van der Waals surface area (Å²) in [5.74, 6) is -2.27. The fraction of sp³-hybridized carbons (Fsp3) is 0.611. The summed E-state index contributed by atoms with van der Waals surface area (Å²) in [4.78, 5) is 40.9. The Hall–Kier alpha value is -1.47. The number of aliphatic carboxylic acids is 1. The Labute approximate surface area is 159 Å². The summed E-state index contributed by atoms with van der Waals surface area (Å²) in [7, 11) is 0. The van der Waals surface area contributed by atoms with Gasteiger partial charge in [0.2, 0.25) is 0 Å². The molecule has 25 heavy (non-hydrogen) atoms. The van der Waals surface area contributed by atoms with Crippen LogP contribution in [0.3, 0.4) is 0 Å². The maximum atomic E-state index is 12.4. The summed E-state index contributed by atoms with van der Waals surface area (Å²) in [6, 6.07) is 0. The number of hydrogen-bond acceptors (Lipinski definition) is 5. The highest BCUT2D eigenvalue weighted by Crippen LogP contribution is 2.67. The van der Waals surface area contributed by atoms with Crippen molar-refractivity contribution in [2.45, 2.75) is 39.2 Å². The van der Waals surface area contributed by atoms with Crippen LogP contribution < -0.4 is 0 Å². The van der Waals surface area contributed by atoms with E-state index in [1.807, 2.05) is 13.0 Å². The van der Waals surface area contributed by atoms with Crippen LogP contribution in [-0.2, 0) is 23.9 Å². The van der Waals surface area contributed by atoms with Crippen LogP contribution in [0.2, 0.25) is 0 Å². The molecule has 2 heterocycles. The Bertz CT molecular complexity index is 690. The number of carboxylic acid groups (broad SMARTS) is 1. The molecule has 0 aromatic rings. The van der Waals surface area contributed by atoms with E-state index in [2.05, 4.69) is 43.0 Å². The van der Waals surface area contributed by atoms with Gasteiger partial charge in [0.25, 0.3) is 0 Å². The lowest BCUT2D eigenvalue weighted by atomic mass is 9.46. The van der Waals surface area contributed by atoms with Crippen LogP contribution in [0.5, 0.6) is 0 Å². The molecule has 1 saturated carbocycles. The number of hydrogen-bond donors (Lipinski definition) is 1. The molecule has 0 radical (unpaired) electrons. The summed E-state index contributed by atoms with van der Waals surface area (Å²) >= 11 is 2.17. The first-order valence-electron chi connectivity index (χ1n) is 7.99. The molecule has 5 atom stereocenters. The third kappa shape index (κ3) is 2.59. The summed E-state index contributed by atoms with van der Waals surface area (Å²) in [6.07, 6.45) is 5.48. The maximum Gasteiger partial charge on any atom is 0.373 e. The van der Waals surface area contributed by atoms with Gasteiger partial charge in [-0.05, 0) is 40.8 Å². The molecule has 6 nitrogen and oxygen atoms in total. The number of allylic oxidation sites excluding steroid dienone is 1. The smallest absolute Gasteiger partial charge is 0.373 e. The van der Waals surface area contributed by atoms with E-state index in [1.165, 1.54) is 0 Å². The van der Waals surface area contributed by atoms with Gasteiger partial charge in [-0.1, -0.05) is 32.9 Å². The van der Waals surface area contributed by atoms with Gasteiger partial charge in [-0.25, -0.2) is 0 Å². The SMILES string of the molecule is C=CC1(C)CC[C@H]2C(C)(C)[C@@H]3C=C(I)[C@]2(OC3=O)[C@H]1C(=O)O.O=C=O. The Kier molecular flexibility index (Phi) is 5.05. The van der Waals surface area contributed by atoms with Crippen LogP contribution >= 0.6 is 22.6 Å². The minimum Gasteiger partial charge on any atom is -0.481 e. The third-order valence-electron chi connectivity index (χ3n) is 6.20. The molecule has 0 aromatic heterocycles. The molecule has 4 aliphatic rings. The maximum absolute atomic E-state index is 12.4. The van der Waals surface area contributed by atoms with Crippen LogP contribution in [0.4, 0.5) is 0 Å². The number of rotatable bonds is 2. The van der Waals surface area contributed by atoms with Crippen molar-refractivity contribution in [1.82, 2.24) is 0 Å². The van der Waals surface area contributed by atoms with Crippen LogP contribution in [0, 0.1) is 28.6 Å². The van der Waals surface area contributed by atoms with Crippen molar-refractivity contribution >= 4 is 40.7 Å². The van der Waals surface area contributed by atoms with Crippen molar-refractivity contribution in [2.24, 2.45) is 28.6 Å². The number of carboxylic acids is 1. The molecule has 0 amide bonds. The van der Waals surface area contributed by atoms with E-state index in [0.717, 1.165) is 16.4 Å². The fourth-order valence-corrected chi connectivity index (χ4v) is 6.07. The molecular formula is C18H21IO6. The zero-order valence-electron chi connectivity index (χ0n) is 14.4. The van der Waals surface area contributed by atoms with Crippen LogP contribution in [0.1, 0.15) is 33.6 Å². The first-order valence-corrected chi connectivity index (χ1v) is 9.07. The van der Waals surface area contributed by atoms with Gasteiger partial charge in [0.05, 0.1) is 5.92 Å². The van der Waals surface area contributed by atoms with Gasteiger partial charge < -0.3 is 9.84 Å². The van der Waals surface area contributed by atoms with Gasteiger partial charge in [0, 0.05) is 14.9 Å². The number of fused-ring (bicyclic) bond motifs is 1. The zero-order chi connectivity index (χ0) is 19.2. The minimum atomic E-state index is -1.05. The van der Waals surface area contributed by atoms with Gasteiger partial charge in [-0.2, -0.15) is 9.59 Å². The molecule has 1 N–H and O–H groups in total. The monoisotopic (exact) mass is 460 g/mol. The van der Waals surface area contributed by atoms with E-state index in [9.17, 15) is 14.7 Å². The standard InChI is InChI=1S/C17H21IO4.CO2/c1-5-16(4)7-6-10-15(2,3)9-8-11(18)17(10,22-14(9)21)12(16)13(19)20;2-1-3/h5,8-10,12H,1,6-7H2,2-4H3,(H,19,20);/t9-,10+,12+,16?,17+;/m1./s1. The zero-order valence-corrected chi connectivity index (χ0v) is 16.5. The quantitative estimate of drug-likeness (QED) is 0.387. The molecule has 1 unspecified atom stereocenters. The summed E-state index contributed by atoms with van der Waals surface area (Å²) in [5.41, 5.74) is -1.93. The predicted molar refractivity (Wildman–Crippen MR) is 95.4 cm³/mol. The summed E-state index contributed by atoms with van der Waals surface area (Å²) < 4.78 is 6.71. The number of carbonyl (C=O) groups is 2. The van der Waals surface area contributed by atoms with Crippen LogP contribution in [-0.4, -0.2) is 28.8 Å². The van der Waals surface area contributed by atoms with E-state index in [1.54, 1.807) is 6.08 Å². The van der Waals surface area contributed by atoms with E-state index < -0.39 is 22.9 Å². The molecule has 2 fully saturated rings. The topological polar surface area (TPSA) is 97.7 Å². The third-order valence-corrected chi connectivity index (χ3v) is 7.40. The minimum absolute atomic E-state index is 0.0220. The molecule has 136 valence electrons. The summed E-state index contributed by atoms with van der Waals surface area (Å²) in [6.45, 7) is 9.90. The van der Waals surface area contributed by atoms with Crippen molar-refractivity contribution in [3.8, 4) is 0 Å². The highest BCUT2D eigenvalue weighted by Gasteiger charge is 2.71. The van der Waals surface area contributed by atoms with Gasteiger partial charge in [-0.15, -0.1) is 6.58 Å². The molecule has 0 aromatic carbocycles. The van der Waals surface area contributed by atoms with Crippen molar-refractivity contribution in [3.05, 3.63) is 22.3 Å². The largest absolute Gasteiger partial charge is 0.481 e. The van der Waals surface area contributed by atoms with Crippen molar-refractivity contribution in [2.75, 3.05) is 0 Å². The predicted octanol–water partition coefficient (Wildman–Crippen LogP) is 2.98. The average Bonchev–Trinajstić information content (AvgIpc) is 2.49. The van der Waals surface area contributed by atoms with Crippen LogP contribution in [0.25, 0.3) is 0 Å². The number of ether oxygens (including phenoxy) is 1. The van der Waals surface area contributed by atoms with Crippen molar-refractivity contribution < 1.29 is 29.0 Å². The number of esters is 1. The molecular weight excluding hydrogens is 439 g/mol. The molecule has 7 heteroatoms. The summed E-state index contributed by atoms with van der Waals surface area (Å²) in [5, 5.41) is 9.96. The van der Waals surface area contributed by atoms with Gasteiger partial charge >= 0.3 is 18.1 Å². The number of carbonyl (C=O) groups excluding carboxylic acids is 3. The normalized spacial score (nSPS) is 40.4. The lowest BCUT2D eigenvalue weighted by Gasteiger charge is -2.64. The van der Waals surface area contributed by atoms with Crippen molar-refractivity contribution in [3.63, 3.8) is 0 Å². The highest BCUT2D eigenvalue weighted by molar-refractivity contribution is 14.1. The van der Waals surface area contributed by atoms with E-state index in [-0.39, 0.29) is 29.4 Å². The second kappa shape index (κ2) is 6.36. The second-order valence-electron chi connectivity index (χ2n) is 7.68.